The molecule has 1 atom stereocenters. The molecule has 2 aromatic carbocycles. The van der Waals surface area contributed by atoms with Gasteiger partial charge in [0.05, 0.1) is 10.6 Å². The van der Waals surface area contributed by atoms with E-state index in [4.69, 9.17) is 0 Å². The van der Waals surface area contributed by atoms with Gasteiger partial charge in [-0.25, -0.2) is 12.8 Å². The monoisotopic (exact) mass is 404 g/mol. The van der Waals surface area contributed by atoms with Gasteiger partial charge in [-0.1, -0.05) is 36.8 Å². The largest absolute Gasteiger partial charge is 0.341 e. The Morgan fingerprint density at radius 1 is 1.18 bits per heavy atom. The van der Waals surface area contributed by atoms with Crippen LogP contribution in [-0.4, -0.2) is 38.9 Å². The molecule has 0 spiro atoms. The molecule has 0 bridgehead atoms. The lowest BCUT2D eigenvalue weighted by molar-refractivity contribution is -0.131. The zero-order chi connectivity index (χ0) is 20.3. The third kappa shape index (κ3) is 4.35. The lowest BCUT2D eigenvalue weighted by Crippen LogP contribution is -2.46. The number of hydrogen-bond acceptors (Lipinski definition) is 3. The summed E-state index contributed by atoms with van der Waals surface area (Å²) >= 11 is 0. The fraction of sp³-hybridized carbons (Fsp3) is 0.381. The minimum Gasteiger partial charge on any atom is -0.341 e. The molecule has 0 N–H and O–H groups in total. The second-order valence-electron chi connectivity index (χ2n) is 7.36. The number of benzene rings is 2. The van der Waals surface area contributed by atoms with Gasteiger partial charge in [-0.15, -0.1) is 0 Å². The maximum atomic E-state index is 14.5. The predicted octanol–water partition coefficient (Wildman–Crippen LogP) is 3.59. The fourth-order valence-corrected chi connectivity index (χ4v) is 4.85. The number of amides is 1. The third-order valence-electron chi connectivity index (χ3n) is 5.02. The molecule has 7 heteroatoms. The molecule has 28 heavy (non-hydrogen) atoms. The Hall–Kier alpha value is -2.41. The number of halogens is 1. The van der Waals surface area contributed by atoms with E-state index in [1.165, 1.54) is 30.3 Å². The van der Waals surface area contributed by atoms with E-state index in [0.717, 1.165) is 22.7 Å². The minimum atomic E-state index is -4.09. The van der Waals surface area contributed by atoms with Gasteiger partial charge < -0.3 is 4.90 Å². The summed E-state index contributed by atoms with van der Waals surface area (Å²) in [5.74, 6) is -0.628. The summed E-state index contributed by atoms with van der Waals surface area (Å²) in [6.45, 7) is 4.68. The Morgan fingerprint density at radius 3 is 2.50 bits per heavy atom. The first-order chi connectivity index (χ1) is 13.3. The van der Waals surface area contributed by atoms with Crippen LogP contribution in [0.1, 0.15) is 25.3 Å². The molecule has 0 unspecified atom stereocenters. The van der Waals surface area contributed by atoms with Gasteiger partial charge in [0.1, 0.15) is 12.4 Å². The lowest BCUT2D eigenvalue weighted by Gasteiger charge is -2.33. The average Bonchev–Trinajstić information content (AvgIpc) is 2.67. The van der Waals surface area contributed by atoms with Crippen molar-refractivity contribution in [3.8, 4) is 0 Å². The van der Waals surface area contributed by atoms with Crippen molar-refractivity contribution in [2.24, 2.45) is 5.92 Å². The highest BCUT2D eigenvalue weighted by atomic mass is 32.2. The smallest absolute Gasteiger partial charge is 0.264 e. The average molecular weight is 405 g/mol. The van der Waals surface area contributed by atoms with Crippen LogP contribution in [0.4, 0.5) is 10.1 Å². The van der Waals surface area contributed by atoms with Crippen LogP contribution in [0.25, 0.3) is 0 Å². The number of carbonyl (C=O) groups is 1. The topological polar surface area (TPSA) is 57.7 Å². The molecule has 1 saturated heterocycles. The summed E-state index contributed by atoms with van der Waals surface area (Å²) < 4.78 is 41.9. The van der Waals surface area contributed by atoms with Crippen LogP contribution in [-0.2, 0) is 14.8 Å². The molecular formula is C21H25FN2O3S. The second kappa shape index (κ2) is 8.31. The van der Waals surface area contributed by atoms with Crippen LogP contribution < -0.4 is 4.31 Å². The molecule has 3 rings (SSSR count). The maximum Gasteiger partial charge on any atom is 0.264 e. The number of para-hydroxylation sites is 1. The number of rotatable bonds is 5. The Morgan fingerprint density at radius 2 is 1.86 bits per heavy atom. The predicted molar refractivity (Wildman–Crippen MR) is 107 cm³/mol. The van der Waals surface area contributed by atoms with Gasteiger partial charge in [0.25, 0.3) is 10.0 Å². The van der Waals surface area contributed by atoms with Gasteiger partial charge in [-0.3, -0.25) is 9.10 Å². The molecule has 5 nitrogen and oxygen atoms in total. The van der Waals surface area contributed by atoms with Gasteiger partial charge in [0, 0.05) is 13.1 Å². The summed E-state index contributed by atoms with van der Waals surface area (Å²) in [5, 5.41) is 0. The molecule has 1 aliphatic heterocycles. The Balaban J connectivity index is 1.97. The Bertz CT molecular complexity index is 944. The third-order valence-corrected chi connectivity index (χ3v) is 6.79. The van der Waals surface area contributed by atoms with E-state index in [9.17, 15) is 17.6 Å². The number of hydrogen-bond donors (Lipinski definition) is 0. The number of nitrogens with zero attached hydrogens (tertiary/aromatic N) is 2. The van der Waals surface area contributed by atoms with E-state index in [2.05, 4.69) is 6.92 Å². The van der Waals surface area contributed by atoms with E-state index in [1.807, 2.05) is 6.92 Å². The van der Waals surface area contributed by atoms with E-state index in [-0.39, 0.29) is 16.5 Å². The lowest BCUT2D eigenvalue weighted by atomic mass is 10.0. The first-order valence-corrected chi connectivity index (χ1v) is 10.8. The first kappa shape index (κ1) is 20.3. The van der Waals surface area contributed by atoms with Crippen molar-refractivity contribution in [3.05, 3.63) is 59.9 Å². The molecule has 0 radical (unpaired) electrons. The number of anilines is 1. The quantitative estimate of drug-likeness (QED) is 0.765. The number of likely N-dealkylation sites (tertiary alicyclic amines) is 1. The minimum absolute atomic E-state index is 0.0289. The van der Waals surface area contributed by atoms with E-state index < -0.39 is 22.4 Å². The molecule has 2 aromatic rings. The highest BCUT2D eigenvalue weighted by Crippen LogP contribution is 2.27. The molecule has 1 fully saturated rings. The maximum absolute atomic E-state index is 14.5. The summed E-state index contributed by atoms with van der Waals surface area (Å²) in [7, 11) is -4.09. The summed E-state index contributed by atoms with van der Waals surface area (Å²) in [6, 6.07) is 11.9. The highest BCUT2D eigenvalue weighted by molar-refractivity contribution is 7.92. The SMILES string of the molecule is Cc1ccc(S(=O)(=O)N(CC(=O)N2CCC[C@@H](C)C2)c2ccccc2F)cc1. The fourth-order valence-electron chi connectivity index (χ4n) is 3.43. The summed E-state index contributed by atoms with van der Waals surface area (Å²) in [4.78, 5) is 14.6. The van der Waals surface area contributed by atoms with Crippen LogP contribution in [0, 0.1) is 18.7 Å². The van der Waals surface area contributed by atoms with E-state index in [0.29, 0.717) is 19.0 Å². The molecule has 0 saturated carbocycles. The van der Waals surface area contributed by atoms with Crippen molar-refractivity contribution in [1.29, 1.82) is 0 Å². The van der Waals surface area contributed by atoms with Crippen LogP contribution in [0.15, 0.2) is 53.4 Å². The number of aryl methyl sites for hydroxylation is 1. The molecular weight excluding hydrogens is 379 g/mol. The van der Waals surface area contributed by atoms with Crippen molar-refractivity contribution in [2.75, 3.05) is 23.9 Å². The zero-order valence-corrected chi connectivity index (χ0v) is 17.0. The van der Waals surface area contributed by atoms with Gasteiger partial charge >= 0.3 is 0 Å². The zero-order valence-electron chi connectivity index (χ0n) is 16.1. The van der Waals surface area contributed by atoms with Gasteiger partial charge in [0.15, 0.2) is 0 Å². The number of carbonyl (C=O) groups excluding carboxylic acids is 1. The molecule has 1 heterocycles. The van der Waals surface area contributed by atoms with Crippen molar-refractivity contribution < 1.29 is 17.6 Å². The number of sulfonamides is 1. The van der Waals surface area contributed by atoms with Gasteiger partial charge in [0.2, 0.25) is 5.91 Å². The van der Waals surface area contributed by atoms with Gasteiger partial charge in [-0.2, -0.15) is 0 Å². The Kier molecular flexibility index (Phi) is 6.03. The van der Waals surface area contributed by atoms with Crippen molar-refractivity contribution >= 4 is 21.6 Å². The summed E-state index contributed by atoms with van der Waals surface area (Å²) in [5.41, 5.74) is 0.788. The molecule has 1 amide bonds. The van der Waals surface area contributed by atoms with Crippen LogP contribution in [0.3, 0.4) is 0 Å². The molecule has 1 aliphatic rings. The molecule has 0 aliphatic carbocycles. The van der Waals surface area contributed by atoms with E-state index >= 15 is 0 Å². The van der Waals surface area contributed by atoms with Crippen LogP contribution >= 0.6 is 0 Å². The van der Waals surface area contributed by atoms with E-state index in [1.54, 1.807) is 23.1 Å². The molecule has 150 valence electrons. The highest BCUT2D eigenvalue weighted by Gasteiger charge is 2.31. The number of piperidine rings is 1. The van der Waals surface area contributed by atoms with Gasteiger partial charge in [-0.05, 0) is 49.9 Å². The van der Waals surface area contributed by atoms with Crippen LogP contribution in [0.2, 0.25) is 0 Å². The Labute approximate surface area is 165 Å². The standard InChI is InChI=1S/C21H25FN2O3S/c1-16-9-11-18(12-10-16)28(26,27)24(20-8-4-3-7-19(20)22)15-21(25)23-13-5-6-17(2)14-23/h3-4,7-12,17H,5-6,13-15H2,1-2H3/t17-/m1/s1. The second-order valence-corrected chi connectivity index (χ2v) is 9.23. The molecule has 0 aromatic heterocycles. The van der Waals surface area contributed by atoms with Crippen molar-refractivity contribution in [3.63, 3.8) is 0 Å². The van der Waals surface area contributed by atoms with Crippen molar-refractivity contribution in [2.45, 2.75) is 31.6 Å². The van der Waals surface area contributed by atoms with Crippen LogP contribution in [0.5, 0.6) is 0 Å². The first-order valence-electron chi connectivity index (χ1n) is 9.41. The summed E-state index contributed by atoms with van der Waals surface area (Å²) in [6.07, 6.45) is 1.93. The normalized spacial score (nSPS) is 17.4. The van der Waals surface area contributed by atoms with Crippen molar-refractivity contribution in [1.82, 2.24) is 4.90 Å².